The molecule has 2 saturated heterocycles. The maximum absolute atomic E-state index is 11.3. The Kier molecular flexibility index (Phi) is 12.7. The molecule has 0 saturated carbocycles. The predicted molar refractivity (Wildman–Crippen MR) is 94.2 cm³/mol. The van der Waals surface area contributed by atoms with Crippen LogP contribution in [0.3, 0.4) is 0 Å². The summed E-state index contributed by atoms with van der Waals surface area (Å²) in [4.78, 5) is 25.9. The first-order valence-electron chi connectivity index (χ1n) is 7.81. The van der Waals surface area contributed by atoms with Crippen molar-refractivity contribution in [1.29, 1.82) is 0 Å². The van der Waals surface area contributed by atoms with Crippen molar-refractivity contribution in [3.05, 3.63) is 0 Å². The molecule has 3 N–H and O–H groups in total. The van der Waals surface area contributed by atoms with Gasteiger partial charge in [-0.3, -0.25) is 4.79 Å². The van der Waals surface area contributed by atoms with Crippen molar-refractivity contribution in [2.75, 3.05) is 80.5 Å². The fraction of sp³-hybridized carbons (Fsp3) is 0.857. The maximum atomic E-state index is 11.3. The lowest BCUT2D eigenvalue weighted by Gasteiger charge is -2.29. The molecule has 0 spiro atoms. The van der Waals surface area contributed by atoms with E-state index in [0.717, 1.165) is 52.4 Å². The van der Waals surface area contributed by atoms with Crippen molar-refractivity contribution in [3.8, 4) is 0 Å². The largest absolute Gasteiger partial charge is 0.335 e. The molecule has 0 bridgehead atoms. The van der Waals surface area contributed by atoms with Crippen LogP contribution in [0.25, 0.3) is 0 Å². The second kappa shape index (κ2) is 13.4. The van der Waals surface area contributed by atoms with E-state index in [9.17, 15) is 9.59 Å². The zero-order valence-electron chi connectivity index (χ0n) is 14.7. The Balaban J connectivity index is 0.000000344. The lowest BCUT2D eigenvalue weighted by Crippen LogP contribution is -2.49. The van der Waals surface area contributed by atoms with Gasteiger partial charge in [-0.15, -0.1) is 0 Å². The number of halogens is 1. The Labute approximate surface area is 144 Å². The van der Waals surface area contributed by atoms with Gasteiger partial charge in [-0.25, -0.2) is 4.79 Å². The standard InChI is InChI=1S/C7H15N3O.C4H10N2.C3H6ClNO/c1-9(2)7(11)10-5-3-8-4-6-10;1-2-6-4-3-5-1;1-5(2)3(4)6/h8H,3-6H2,1-2H3;5-6H,1-4H2;1-2H3. The van der Waals surface area contributed by atoms with Gasteiger partial charge in [-0.2, -0.15) is 0 Å². The lowest BCUT2D eigenvalue weighted by molar-refractivity contribution is 0.164. The first kappa shape index (κ1) is 21.9. The summed E-state index contributed by atoms with van der Waals surface area (Å²) < 4.78 is 0. The van der Waals surface area contributed by atoms with Gasteiger partial charge in [0, 0.05) is 80.5 Å². The molecule has 2 fully saturated rings. The van der Waals surface area contributed by atoms with E-state index in [-0.39, 0.29) is 6.03 Å². The van der Waals surface area contributed by atoms with Gasteiger partial charge in [0.25, 0.3) is 0 Å². The van der Waals surface area contributed by atoms with Crippen LogP contribution in [0, 0.1) is 0 Å². The zero-order valence-corrected chi connectivity index (χ0v) is 15.4. The van der Waals surface area contributed by atoms with Crippen LogP contribution in [0.15, 0.2) is 0 Å². The van der Waals surface area contributed by atoms with Crippen molar-refractivity contribution in [3.63, 3.8) is 0 Å². The van der Waals surface area contributed by atoms with Gasteiger partial charge in [0.2, 0.25) is 0 Å². The van der Waals surface area contributed by atoms with Crippen LogP contribution in [0.2, 0.25) is 0 Å². The van der Waals surface area contributed by atoms with E-state index in [0.29, 0.717) is 0 Å². The Bertz CT molecular complexity index is 320. The second-order valence-electron chi connectivity index (χ2n) is 5.56. The highest BCUT2D eigenvalue weighted by atomic mass is 35.5. The molecule has 2 rings (SSSR count). The highest BCUT2D eigenvalue weighted by Gasteiger charge is 2.16. The van der Waals surface area contributed by atoms with Gasteiger partial charge in [-0.1, -0.05) is 0 Å². The normalized spacial score (nSPS) is 17.0. The van der Waals surface area contributed by atoms with Crippen molar-refractivity contribution in [2.24, 2.45) is 0 Å². The number of amides is 3. The van der Waals surface area contributed by atoms with Crippen LogP contribution >= 0.6 is 11.6 Å². The highest BCUT2D eigenvalue weighted by Crippen LogP contribution is 1.96. The molecule has 2 aliphatic heterocycles. The smallest absolute Gasteiger partial charge is 0.319 e. The van der Waals surface area contributed by atoms with E-state index < -0.39 is 5.37 Å². The molecule has 23 heavy (non-hydrogen) atoms. The quantitative estimate of drug-likeness (QED) is 0.411. The fourth-order valence-electron chi connectivity index (χ4n) is 1.74. The molecule has 2 aliphatic rings. The summed E-state index contributed by atoms with van der Waals surface area (Å²) in [5.41, 5.74) is 0. The van der Waals surface area contributed by atoms with E-state index in [1.54, 1.807) is 33.1 Å². The summed E-state index contributed by atoms with van der Waals surface area (Å²) in [6.07, 6.45) is 0. The number of nitrogens with one attached hydrogen (secondary N) is 3. The van der Waals surface area contributed by atoms with Crippen molar-refractivity contribution >= 4 is 23.0 Å². The van der Waals surface area contributed by atoms with Crippen LogP contribution in [0.5, 0.6) is 0 Å². The third-order valence-corrected chi connectivity index (χ3v) is 3.42. The number of carbonyl (C=O) groups excluding carboxylic acids is 2. The molecule has 2 heterocycles. The lowest BCUT2D eigenvalue weighted by atomic mass is 10.4. The van der Waals surface area contributed by atoms with Crippen LogP contribution in [-0.4, -0.2) is 107 Å². The number of urea groups is 1. The maximum Gasteiger partial charge on any atom is 0.319 e. The van der Waals surface area contributed by atoms with Crippen molar-refractivity contribution < 1.29 is 9.59 Å². The molecule has 136 valence electrons. The van der Waals surface area contributed by atoms with Gasteiger partial charge in [0.15, 0.2) is 0 Å². The van der Waals surface area contributed by atoms with E-state index in [1.807, 2.05) is 4.90 Å². The minimum atomic E-state index is -0.435. The first-order chi connectivity index (χ1) is 10.9. The Hall–Kier alpha value is -1.09. The average molecular weight is 351 g/mol. The summed E-state index contributed by atoms with van der Waals surface area (Å²) in [5, 5.41) is 9.21. The summed E-state index contributed by atoms with van der Waals surface area (Å²) >= 11 is 4.90. The predicted octanol–water partition coefficient (Wildman–Crippen LogP) is -0.341. The molecule has 0 aromatic carbocycles. The third-order valence-electron chi connectivity index (χ3n) is 3.08. The third kappa shape index (κ3) is 12.1. The van der Waals surface area contributed by atoms with Crippen LogP contribution in [-0.2, 0) is 0 Å². The molecule has 0 radical (unpaired) electrons. The number of hydrogen-bond donors (Lipinski definition) is 3. The van der Waals surface area contributed by atoms with Gasteiger partial charge >= 0.3 is 11.4 Å². The number of nitrogens with zero attached hydrogens (tertiary/aromatic N) is 3. The molecular formula is C14H31ClN6O2. The monoisotopic (exact) mass is 350 g/mol. The van der Waals surface area contributed by atoms with Gasteiger partial charge in [-0.05, 0) is 11.6 Å². The Morgan fingerprint density at radius 2 is 1.13 bits per heavy atom. The SMILES string of the molecule is C1CNCCN1.CN(C)C(=O)Cl.CN(C)C(=O)N1CCNCC1. The molecule has 9 heteroatoms. The molecule has 8 nitrogen and oxygen atoms in total. The molecule has 0 aliphatic carbocycles. The minimum Gasteiger partial charge on any atom is -0.335 e. The molecule has 0 aromatic heterocycles. The zero-order chi connectivity index (χ0) is 17.7. The molecule has 0 aromatic rings. The van der Waals surface area contributed by atoms with Gasteiger partial charge in [0.05, 0.1) is 0 Å². The summed E-state index contributed by atoms with van der Waals surface area (Å²) in [7, 11) is 6.75. The van der Waals surface area contributed by atoms with Gasteiger partial charge < -0.3 is 30.7 Å². The van der Waals surface area contributed by atoms with Crippen LogP contribution in [0.1, 0.15) is 0 Å². The average Bonchev–Trinajstić information content (AvgIpc) is 2.57. The first-order valence-corrected chi connectivity index (χ1v) is 8.19. The summed E-state index contributed by atoms with van der Waals surface area (Å²) in [5.74, 6) is 0. The fourth-order valence-corrected chi connectivity index (χ4v) is 1.74. The van der Waals surface area contributed by atoms with Crippen molar-refractivity contribution in [1.82, 2.24) is 30.7 Å². The number of hydrogen-bond acceptors (Lipinski definition) is 5. The van der Waals surface area contributed by atoms with E-state index in [2.05, 4.69) is 16.0 Å². The van der Waals surface area contributed by atoms with E-state index >= 15 is 0 Å². The number of rotatable bonds is 0. The van der Waals surface area contributed by atoms with E-state index in [4.69, 9.17) is 11.6 Å². The molecule has 0 unspecified atom stereocenters. The molecular weight excluding hydrogens is 320 g/mol. The van der Waals surface area contributed by atoms with E-state index in [1.165, 1.54) is 4.90 Å². The Morgan fingerprint density at radius 1 is 0.783 bits per heavy atom. The second-order valence-corrected chi connectivity index (χ2v) is 5.88. The summed E-state index contributed by atoms with van der Waals surface area (Å²) in [6.45, 7) is 8.05. The van der Waals surface area contributed by atoms with Crippen LogP contribution < -0.4 is 16.0 Å². The minimum absolute atomic E-state index is 0.117. The van der Waals surface area contributed by atoms with Gasteiger partial charge in [0.1, 0.15) is 0 Å². The highest BCUT2D eigenvalue weighted by molar-refractivity contribution is 6.62. The topological polar surface area (TPSA) is 80.0 Å². The Morgan fingerprint density at radius 3 is 1.39 bits per heavy atom. The molecule has 3 amide bonds. The summed E-state index contributed by atoms with van der Waals surface area (Å²) in [6, 6.07) is 0.117. The van der Waals surface area contributed by atoms with Crippen molar-refractivity contribution in [2.45, 2.75) is 0 Å². The number of piperazine rings is 2. The molecule has 0 atom stereocenters. The number of carbonyl (C=O) groups is 2. The van der Waals surface area contributed by atoms with Crippen LogP contribution in [0.4, 0.5) is 9.59 Å².